The van der Waals surface area contributed by atoms with Crippen molar-refractivity contribution in [2.45, 2.75) is 25.9 Å². The number of rotatable bonds is 4. The van der Waals surface area contributed by atoms with Crippen molar-refractivity contribution in [2.24, 2.45) is 0 Å². The topological polar surface area (TPSA) is 39.1 Å². The molecule has 1 unspecified atom stereocenters. The monoisotopic (exact) mass is 257 g/mol. The molecule has 1 aliphatic rings. The van der Waals surface area contributed by atoms with Crippen LogP contribution in [0.2, 0.25) is 0 Å². The van der Waals surface area contributed by atoms with Gasteiger partial charge in [-0.2, -0.15) is 5.10 Å². The largest absolute Gasteiger partial charge is 0.493 e. The summed E-state index contributed by atoms with van der Waals surface area (Å²) in [5.74, 6) is 1.42. The SMILES string of the molecule is CNCc1cnn(CC2COc3ccccc32)c1C. The van der Waals surface area contributed by atoms with Crippen LogP contribution >= 0.6 is 0 Å². The maximum absolute atomic E-state index is 5.72. The molecule has 2 heterocycles. The zero-order valence-corrected chi connectivity index (χ0v) is 11.4. The number of hydrogen-bond donors (Lipinski definition) is 1. The van der Waals surface area contributed by atoms with E-state index >= 15 is 0 Å². The Labute approximate surface area is 113 Å². The fourth-order valence-electron chi connectivity index (χ4n) is 2.62. The van der Waals surface area contributed by atoms with Crippen molar-refractivity contribution < 1.29 is 4.74 Å². The summed E-state index contributed by atoms with van der Waals surface area (Å²) < 4.78 is 7.81. The van der Waals surface area contributed by atoms with Gasteiger partial charge in [-0.25, -0.2) is 0 Å². The molecule has 2 aromatic rings. The molecule has 1 aliphatic heterocycles. The van der Waals surface area contributed by atoms with Crippen LogP contribution in [0, 0.1) is 6.92 Å². The first-order valence-corrected chi connectivity index (χ1v) is 6.67. The number of hydrogen-bond acceptors (Lipinski definition) is 3. The van der Waals surface area contributed by atoms with E-state index in [4.69, 9.17) is 4.74 Å². The van der Waals surface area contributed by atoms with E-state index in [1.54, 1.807) is 0 Å². The van der Waals surface area contributed by atoms with Crippen LogP contribution in [0.5, 0.6) is 5.75 Å². The van der Waals surface area contributed by atoms with Gasteiger partial charge >= 0.3 is 0 Å². The third-order valence-electron chi connectivity index (χ3n) is 3.76. The highest BCUT2D eigenvalue weighted by atomic mass is 16.5. The van der Waals surface area contributed by atoms with Crippen molar-refractivity contribution in [2.75, 3.05) is 13.7 Å². The number of ether oxygens (including phenoxy) is 1. The first-order chi connectivity index (χ1) is 9.29. The smallest absolute Gasteiger partial charge is 0.122 e. The van der Waals surface area contributed by atoms with Gasteiger partial charge in [0.25, 0.3) is 0 Å². The number of fused-ring (bicyclic) bond motifs is 1. The van der Waals surface area contributed by atoms with Crippen LogP contribution in [-0.4, -0.2) is 23.4 Å². The number of nitrogens with one attached hydrogen (secondary N) is 1. The zero-order chi connectivity index (χ0) is 13.2. The lowest BCUT2D eigenvalue weighted by atomic mass is 10.0. The van der Waals surface area contributed by atoms with Crippen molar-refractivity contribution in [3.05, 3.63) is 47.3 Å². The van der Waals surface area contributed by atoms with Gasteiger partial charge in [-0.3, -0.25) is 4.68 Å². The second kappa shape index (κ2) is 5.05. The van der Waals surface area contributed by atoms with Crippen LogP contribution in [0.25, 0.3) is 0 Å². The summed E-state index contributed by atoms with van der Waals surface area (Å²) in [6.45, 7) is 4.62. The normalized spacial score (nSPS) is 17.3. The van der Waals surface area contributed by atoms with Crippen molar-refractivity contribution in [3.63, 3.8) is 0 Å². The Morgan fingerprint density at radius 1 is 1.42 bits per heavy atom. The van der Waals surface area contributed by atoms with Crippen LogP contribution in [0.1, 0.15) is 22.7 Å². The van der Waals surface area contributed by atoms with Crippen LogP contribution in [0.15, 0.2) is 30.5 Å². The molecule has 4 heteroatoms. The summed E-state index contributed by atoms with van der Waals surface area (Å²) in [6.07, 6.45) is 1.95. The van der Waals surface area contributed by atoms with E-state index in [-0.39, 0.29) is 0 Å². The van der Waals surface area contributed by atoms with Crippen molar-refractivity contribution in [1.82, 2.24) is 15.1 Å². The lowest BCUT2D eigenvalue weighted by molar-refractivity contribution is 0.314. The Morgan fingerprint density at radius 2 is 2.26 bits per heavy atom. The second-order valence-electron chi connectivity index (χ2n) is 5.01. The molecule has 3 rings (SSSR count). The molecule has 0 radical (unpaired) electrons. The minimum Gasteiger partial charge on any atom is -0.493 e. The van der Waals surface area contributed by atoms with Crippen molar-refractivity contribution in [1.29, 1.82) is 0 Å². The van der Waals surface area contributed by atoms with Gasteiger partial charge in [0.05, 0.1) is 19.3 Å². The molecule has 0 spiro atoms. The maximum Gasteiger partial charge on any atom is 0.122 e. The summed E-state index contributed by atoms with van der Waals surface area (Å²) in [6, 6.07) is 8.28. The Kier molecular flexibility index (Phi) is 3.25. The summed E-state index contributed by atoms with van der Waals surface area (Å²) in [4.78, 5) is 0. The molecule has 0 saturated heterocycles. The first-order valence-electron chi connectivity index (χ1n) is 6.67. The van der Waals surface area contributed by atoms with E-state index in [1.165, 1.54) is 16.8 Å². The number of benzene rings is 1. The molecule has 1 aromatic heterocycles. The summed E-state index contributed by atoms with van der Waals surface area (Å²) in [5.41, 5.74) is 3.79. The van der Waals surface area contributed by atoms with E-state index in [0.717, 1.165) is 25.4 Å². The van der Waals surface area contributed by atoms with Crippen molar-refractivity contribution >= 4 is 0 Å². The second-order valence-corrected chi connectivity index (χ2v) is 5.01. The number of para-hydroxylation sites is 1. The minimum absolute atomic E-state index is 0.400. The predicted molar refractivity (Wildman–Crippen MR) is 74.4 cm³/mol. The van der Waals surface area contributed by atoms with Gasteiger partial charge in [-0.05, 0) is 20.0 Å². The highest BCUT2D eigenvalue weighted by molar-refractivity contribution is 5.39. The van der Waals surface area contributed by atoms with Gasteiger partial charge in [0.1, 0.15) is 5.75 Å². The molecule has 0 aliphatic carbocycles. The molecular formula is C15H19N3O. The predicted octanol–water partition coefficient (Wildman–Crippen LogP) is 2.09. The molecule has 0 saturated carbocycles. The van der Waals surface area contributed by atoms with Crippen LogP contribution in [-0.2, 0) is 13.1 Å². The third-order valence-corrected chi connectivity index (χ3v) is 3.76. The Balaban J connectivity index is 1.80. The number of aromatic nitrogens is 2. The molecule has 0 bridgehead atoms. The van der Waals surface area contributed by atoms with Crippen LogP contribution in [0.3, 0.4) is 0 Å². The van der Waals surface area contributed by atoms with Crippen LogP contribution in [0.4, 0.5) is 0 Å². The van der Waals surface area contributed by atoms with Crippen LogP contribution < -0.4 is 10.1 Å². The van der Waals surface area contributed by atoms with Gasteiger partial charge < -0.3 is 10.1 Å². The first kappa shape index (κ1) is 12.2. The van der Waals surface area contributed by atoms with E-state index in [2.05, 4.69) is 34.2 Å². The molecular weight excluding hydrogens is 238 g/mol. The lowest BCUT2D eigenvalue weighted by Gasteiger charge is -2.11. The average molecular weight is 257 g/mol. The van der Waals surface area contributed by atoms with E-state index in [0.29, 0.717) is 5.92 Å². The molecule has 0 fully saturated rings. The molecule has 0 amide bonds. The number of nitrogens with zero attached hydrogens (tertiary/aromatic N) is 2. The molecule has 4 nitrogen and oxygen atoms in total. The minimum atomic E-state index is 0.400. The van der Waals surface area contributed by atoms with Gasteiger partial charge in [-0.1, -0.05) is 18.2 Å². The highest BCUT2D eigenvalue weighted by Gasteiger charge is 2.24. The van der Waals surface area contributed by atoms with Gasteiger partial charge in [0, 0.05) is 29.3 Å². The quantitative estimate of drug-likeness (QED) is 0.911. The van der Waals surface area contributed by atoms with E-state index in [1.807, 2.05) is 25.4 Å². The third kappa shape index (κ3) is 2.24. The highest BCUT2D eigenvalue weighted by Crippen LogP contribution is 2.34. The maximum atomic E-state index is 5.72. The Morgan fingerprint density at radius 3 is 3.11 bits per heavy atom. The van der Waals surface area contributed by atoms with E-state index in [9.17, 15) is 0 Å². The average Bonchev–Trinajstić information content (AvgIpc) is 2.98. The summed E-state index contributed by atoms with van der Waals surface area (Å²) in [5, 5.41) is 7.66. The zero-order valence-electron chi connectivity index (χ0n) is 11.4. The standard InChI is InChI=1S/C15H19N3O/c1-11-12(7-16-2)8-17-18(11)9-13-10-19-15-6-4-3-5-14(13)15/h3-6,8,13,16H,7,9-10H2,1-2H3. The Bertz CT molecular complexity index is 577. The fourth-order valence-corrected chi connectivity index (χ4v) is 2.62. The van der Waals surface area contributed by atoms with Crippen molar-refractivity contribution in [3.8, 4) is 5.75 Å². The molecule has 100 valence electrons. The van der Waals surface area contributed by atoms with Gasteiger partial charge in [0.15, 0.2) is 0 Å². The summed E-state index contributed by atoms with van der Waals surface area (Å²) >= 11 is 0. The molecule has 1 N–H and O–H groups in total. The van der Waals surface area contributed by atoms with Gasteiger partial charge in [0.2, 0.25) is 0 Å². The molecule has 19 heavy (non-hydrogen) atoms. The molecule has 1 atom stereocenters. The Hall–Kier alpha value is -1.81. The molecule has 1 aromatic carbocycles. The fraction of sp³-hybridized carbons (Fsp3) is 0.400. The van der Waals surface area contributed by atoms with E-state index < -0.39 is 0 Å². The van der Waals surface area contributed by atoms with Gasteiger partial charge in [-0.15, -0.1) is 0 Å². The summed E-state index contributed by atoms with van der Waals surface area (Å²) in [7, 11) is 1.96. The lowest BCUT2D eigenvalue weighted by Crippen LogP contribution is -2.13.